The van der Waals surface area contributed by atoms with Crippen molar-refractivity contribution in [3.8, 4) is 0 Å². The molecule has 5 nitrogen and oxygen atoms in total. The number of hydrogen-bond acceptors (Lipinski definition) is 3. The highest BCUT2D eigenvalue weighted by atomic mass is 19.4. The fraction of sp³-hybridized carbons (Fsp3) is 0.818. The summed E-state index contributed by atoms with van der Waals surface area (Å²) in [4.78, 5) is 22.5. The summed E-state index contributed by atoms with van der Waals surface area (Å²) in [5, 5.41) is 11.5. The predicted octanol–water partition coefficient (Wildman–Crippen LogP) is 1.32. The number of carboxylic acid groups (broad SMARTS) is 1. The molecule has 1 aliphatic carbocycles. The van der Waals surface area contributed by atoms with Gasteiger partial charge in [-0.15, -0.1) is 0 Å². The Kier molecular flexibility index (Phi) is 4.78. The van der Waals surface area contributed by atoms with Crippen LogP contribution in [0.3, 0.4) is 0 Å². The Hall–Kier alpha value is -1.31. The van der Waals surface area contributed by atoms with Crippen LogP contribution < -0.4 is 5.32 Å². The van der Waals surface area contributed by atoms with E-state index in [4.69, 9.17) is 5.11 Å². The molecule has 0 aromatic carbocycles. The lowest BCUT2D eigenvalue weighted by atomic mass is 9.85. The van der Waals surface area contributed by atoms with Crippen molar-refractivity contribution < 1.29 is 32.6 Å². The number of carbonyl (C=O) groups excluding carboxylic acids is 1. The summed E-state index contributed by atoms with van der Waals surface area (Å²) in [7, 11) is 0. The van der Waals surface area contributed by atoms with Crippen molar-refractivity contribution in [2.75, 3.05) is 13.2 Å². The molecule has 19 heavy (non-hydrogen) atoms. The van der Waals surface area contributed by atoms with Gasteiger partial charge in [-0.05, 0) is 19.8 Å². The first-order chi connectivity index (χ1) is 8.65. The van der Waals surface area contributed by atoms with Crippen molar-refractivity contribution >= 4 is 11.9 Å². The van der Waals surface area contributed by atoms with Gasteiger partial charge in [-0.25, -0.2) is 0 Å². The summed E-state index contributed by atoms with van der Waals surface area (Å²) in [6, 6.07) is -0.577. The summed E-state index contributed by atoms with van der Waals surface area (Å²) >= 11 is 0. The average Bonchev–Trinajstić information content (AvgIpc) is 2.59. The first-order valence-corrected chi connectivity index (χ1v) is 5.82. The fourth-order valence-electron chi connectivity index (χ4n) is 2.15. The van der Waals surface area contributed by atoms with Crippen molar-refractivity contribution in [1.29, 1.82) is 0 Å². The Labute approximate surface area is 108 Å². The zero-order valence-electron chi connectivity index (χ0n) is 10.4. The molecule has 1 aliphatic rings. The number of rotatable bonds is 5. The van der Waals surface area contributed by atoms with Crippen LogP contribution in [-0.4, -0.2) is 42.4 Å². The van der Waals surface area contributed by atoms with Gasteiger partial charge in [-0.2, -0.15) is 13.2 Å². The zero-order valence-corrected chi connectivity index (χ0v) is 10.4. The van der Waals surface area contributed by atoms with Gasteiger partial charge in [-0.3, -0.25) is 9.59 Å². The van der Waals surface area contributed by atoms with Crippen LogP contribution in [0.2, 0.25) is 0 Å². The summed E-state index contributed by atoms with van der Waals surface area (Å²) in [5.41, 5.74) is -1.07. The van der Waals surface area contributed by atoms with Crippen LogP contribution in [0.1, 0.15) is 26.2 Å². The van der Waals surface area contributed by atoms with Crippen LogP contribution in [-0.2, 0) is 14.3 Å². The van der Waals surface area contributed by atoms with Crippen molar-refractivity contribution in [2.24, 2.45) is 5.41 Å². The highest BCUT2D eigenvalue weighted by molar-refractivity contribution is 5.80. The molecule has 1 fully saturated rings. The lowest BCUT2D eigenvalue weighted by Gasteiger charge is -2.27. The van der Waals surface area contributed by atoms with Gasteiger partial charge in [0.05, 0.1) is 5.41 Å². The number of carboxylic acids is 1. The number of ether oxygens (including phenoxy) is 1. The van der Waals surface area contributed by atoms with E-state index in [0.717, 1.165) is 0 Å². The quantitative estimate of drug-likeness (QED) is 0.798. The SMILES string of the molecule is CC1(C(=O)O)CCCC1NC(=O)COCC(F)(F)F. The monoisotopic (exact) mass is 283 g/mol. The largest absolute Gasteiger partial charge is 0.481 e. The van der Waals surface area contributed by atoms with Gasteiger partial charge in [0, 0.05) is 6.04 Å². The van der Waals surface area contributed by atoms with Crippen molar-refractivity contribution in [2.45, 2.75) is 38.4 Å². The van der Waals surface area contributed by atoms with E-state index in [-0.39, 0.29) is 0 Å². The van der Waals surface area contributed by atoms with Crippen LogP contribution in [0.25, 0.3) is 0 Å². The molecule has 2 atom stereocenters. The van der Waals surface area contributed by atoms with Gasteiger partial charge >= 0.3 is 12.1 Å². The molecule has 8 heteroatoms. The maximum absolute atomic E-state index is 11.8. The van der Waals surface area contributed by atoms with Crippen LogP contribution in [0.5, 0.6) is 0 Å². The van der Waals surface area contributed by atoms with Crippen molar-refractivity contribution in [3.05, 3.63) is 0 Å². The first kappa shape index (κ1) is 15.7. The third-order valence-corrected chi connectivity index (χ3v) is 3.28. The summed E-state index contributed by atoms with van der Waals surface area (Å²) in [5.74, 6) is -1.75. The molecule has 1 amide bonds. The summed E-state index contributed by atoms with van der Waals surface area (Å²) in [6.45, 7) is -0.711. The highest BCUT2D eigenvalue weighted by Crippen LogP contribution is 2.38. The number of hydrogen-bond donors (Lipinski definition) is 2. The number of aliphatic carboxylic acids is 1. The van der Waals surface area contributed by atoms with Crippen molar-refractivity contribution in [1.82, 2.24) is 5.32 Å². The van der Waals surface area contributed by atoms with Crippen LogP contribution in [0.4, 0.5) is 13.2 Å². The minimum Gasteiger partial charge on any atom is -0.481 e. The van der Waals surface area contributed by atoms with Gasteiger partial charge in [-0.1, -0.05) is 6.42 Å². The lowest BCUT2D eigenvalue weighted by Crippen LogP contribution is -2.48. The van der Waals surface area contributed by atoms with Crippen LogP contribution in [0.15, 0.2) is 0 Å². The Morgan fingerprint density at radius 2 is 2.11 bits per heavy atom. The topological polar surface area (TPSA) is 75.6 Å². The molecule has 0 aliphatic heterocycles. The van der Waals surface area contributed by atoms with E-state index in [2.05, 4.69) is 10.1 Å². The maximum atomic E-state index is 11.8. The molecule has 1 rings (SSSR count). The Morgan fingerprint density at radius 1 is 1.47 bits per heavy atom. The second-order valence-electron chi connectivity index (χ2n) is 4.84. The first-order valence-electron chi connectivity index (χ1n) is 5.82. The molecule has 2 N–H and O–H groups in total. The number of carbonyl (C=O) groups is 2. The average molecular weight is 283 g/mol. The highest BCUT2D eigenvalue weighted by Gasteiger charge is 2.45. The summed E-state index contributed by atoms with van der Waals surface area (Å²) in [6.07, 6.45) is -2.91. The number of halogens is 3. The number of alkyl halides is 3. The van der Waals surface area contributed by atoms with Gasteiger partial charge in [0.1, 0.15) is 13.2 Å². The van der Waals surface area contributed by atoms with Gasteiger partial charge < -0.3 is 15.2 Å². The molecular formula is C11H16F3NO4. The zero-order chi connectivity index (χ0) is 14.7. The minimum absolute atomic E-state index is 0.427. The molecule has 110 valence electrons. The minimum atomic E-state index is -4.48. The molecule has 2 unspecified atom stereocenters. The molecule has 0 spiro atoms. The number of amides is 1. The van der Waals surface area contributed by atoms with E-state index < -0.39 is 42.7 Å². The molecule has 0 radical (unpaired) electrons. The van der Waals surface area contributed by atoms with Gasteiger partial charge in [0.25, 0.3) is 0 Å². The fourth-order valence-corrected chi connectivity index (χ4v) is 2.15. The molecular weight excluding hydrogens is 267 g/mol. The van der Waals surface area contributed by atoms with E-state index in [9.17, 15) is 22.8 Å². The third-order valence-electron chi connectivity index (χ3n) is 3.28. The van der Waals surface area contributed by atoms with Crippen LogP contribution in [0, 0.1) is 5.41 Å². The van der Waals surface area contributed by atoms with Gasteiger partial charge in [0.15, 0.2) is 0 Å². The normalized spacial score (nSPS) is 27.3. The molecule has 0 bridgehead atoms. The van der Waals surface area contributed by atoms with E-state index in [1.807, 2.05) is 0 Å². The van der Waals surface area contributed by atoms with E-state index in [1.54, 1.807) is 0 Å². The molecule has 0 aromatic rings. The van der Waals surface area contributed by atoms with E-state index in [1.165, 1.54) is 6.92 Å². The number of nitrogens with one attached hydrogen (secondary N) is 1. The standard InChI is InChI=1S/C11H16F3NO4/c1-10(9(17)18)4-2-3-7(10)15-8(16)5-19-6-11(12,13)14/h7H,2-6H2,1H3,(H,15,16)(H,17,18). The molecule has 0 saturated heterocycles. The summed E-state index contributed by atoms with van der Waals surface area (Å²) < 4.78 is 39.6. The predicted molar refractivity (Wildman–Crippen MR) is 58.4 cm³/mol. The third kappa shape index (κ3) is 4.38. The lowest BCUT2D eigenvalue weighted by molar-refractivity contribution is -0.175. The smallest absolute Gasteiger partial charge is 0.411 e. The van der Waals surface area contributed by atoms with E-state index >= 15 is 0 Å². The second-order valence-corrected chi connectivity index (χ2v) is 4.84. The van der Waals surface area contributed by atoms with E-state index in [0.29, 0.717) is 19.3 Å². The molecule has 1 saturated carbocycles. The Balaban J connectivity index is 2.42. The van der Waals surface area contributed by atoms with Gasteiger partial charge in [0.2, 0.25) is 5.91 Å². The van der Waals surface area contributed by atoms with Crippen LogP contribution >= 0.6 is 0 Å². The molecule has 0 aromatic heterocycles. The van der Waals surface area contributed by atoms with Crippen molar-refractivity contribution in [3.63, 3.8) is 0 Å². The Morgan fingerprint density at radius 3 is 2.63 bits per heavy atom. The second kappa shape index (κ2) is 5.77. The maximum Gasteiger partial charge on any atom is 0.411 e. The molecule has 0 heterocycles. The Bertz CT molecular complexity index is 358.